The number of fused-ring (bicyclic) bond motifs is 1. The van der Waals surface area contributed by atoms with E-state index in [4.69, 9.17) is 23.2 Å². The predicted octanol–water partition coefficient (Wildman–Crippen LogP) is 2.39. The molecule has 186 valence electrons. The first-order chi connectivity index (χ1) is 16.6. The number of aryl methyl sites for hydroxylation is 1. The van der Waals surface area contributed by atoms with E-state index in [1.54, 1.807) is 18.2 Å². The molecule has 1 aliphatic carbocycles. The van der Waals surface area contributed by atoms with E-state index in [0.29, 0.717) is 36.3 Å². The molecular weight excluding hydrogens is 501 g/mol. The summed E-state index contributed by atoms with van der Waals surface area (Å²) in [6.07, 6.45) is 2.25. The summed E-state index contributed by atoms with van der Waals surface area (Å²) in [5.74, 6) is -2.52. The molecule has 35 heavy (non-hydrogen) atoms. The Morgan fingerprint density at radius 1 is 1.14 bits per heavy atom. The Balaban J connectivity index is 1.81. The number of hydrogen-bond donors (Lipinski definition) is 3. The molecule has 0 saturated heterocycles. The summed E-state index contributed by atoms with van der Waals surface area (Å²) in [5, 5.41) is 22.6. The number of imidazole rings is 1. The Morgan fingerprint density at radius 2 is 1.89 bits per heavy atom. The molecular formula is C22H23Cl2N5O6. The number of carboxylic acids is 2. The standard InChI is InChI=1S/C22H23Cl2N5O6/c1-27-18-17(19(32)29(22(27)35)9-11-5-6-14(23)15(24)7-11)28(10-16(30)31)21(26-18)25-13-4-2-3-12(8-13)20(33)34/h5-7,12-13H,2-4,8-10H2,1H3,(H,25,26)(H,30,31)(H,33,34). The molecule has 0 aliphatic heterocycles. The second kappa shape index (κ2) is 9.74. The minimum atomic E-state index is -1.20. The third-order valence-corrected chi connectivity index (χ3v) is 6.95. The van der Waals surface area contributed by atoms with E-state index in [1.807, 2.05) is 0 Å². The molecule has 1 fully saturated rings. The lowest BCUT2D eigenvalue weighted by atomic mass is 9.86. The fourth-order valence-corrected chi connectivity index (χ4v) is 4.78. The summed E-state index contributed by atoms with van der Waals surface area (Å²) in [6, 6.07) is 4.46. The van der Waals surface area contributed by atoms with Crippen molar-refractivity contribution < 1.29 is 19.8 Å². The highest BCUT2D eigenvalue weighted by Crippen LogP contribution is 2.28. The van der Waals surface area contributed by atoms with Crippen molar-refractivity contribution in [3.63, 3.8) is 0 Å². The molecule has 0 bridgehead atoms. The lowest BCUT2D eigenvalue weighted by Crippen LogP contribution is -2.40. The van der Waals surface area contributed by atoms with Crippen LogP contribution in [-0.4, -0.2) is 46.9 Å². The number of carboxylic acid groups (broad SMARTS) is 2. The molecule has 0 amide bonds. The number of nitrogens with one attached hydrogen (secondary N) is 1. The van der Waals surface area contributed by atoms with Gasteiger partial charge in [0.25, 0.3) is 5.56 Å². The van der Waals surface area contributed by atoms with Crippen molar-refractivity contribution in [2.45, 2.75) is 44.8 Å². The SMILES string of the molecule is Cn1c(=O)n(Cc2ccc(Cl)c(Cl)c2)c(=O)c2c1nc(NC1CCCC(C(=O)O)C1)n2CC(=O)O. The second-order valence-corrected chi connectivity index (χ2v) is 9.43. The van der Waals surface area contributed by atoms with Crippen molar-refractivity contribution in [1.82, 2.24) is 18.7 Å². The molecule has 3 N–H and O–H groups in total. The molecule has 4 rings (SSSR count). The molecule has 0 spiro atoms. The van der Waals surface area contributed by atoms with Gasteiger partial charge >= 0.3 is 17.6 Å². The number of carbonyl (C=O) groups is 2. The van der Waals surface area contributed by atoms with Crippen LogP contribution in [0.5, 0.6) is 0 Å². The van der Waals surface area contributed by atoms with Gasteiger partial charge in [-0.1, -0.05) is 35.7 Å². The molecule has 1 aromatic carbocycles. The number of anilines is 1. The van der Waals surface area contributed by atoms with Crippen molar-refractivity contribution in [2.24, 2.45) is 13.0 Å². The zero-order valence-corrected chi connectivity index (χ0v) is 20.2. The first-order valence-electron chi connectivity index (χ1n) is 10.9. The lowest BCUT2D eigenvalue weighted by molar-refractivity contribution is -0.143. The molecule has 13 heteroatoms. The maximum atomic E-state index is 13.4. The summed E-state index contributed by atoms with van der Waals surface area (Å²) < 4.78 is 3.38. The fraction of sp³-hybridized carbons (Fsp3) is 0.409. The van der Waals surface area contributed by atoms with Crippen molar-refractivity contribution >= 4 is 52.3 Å². The molecule has 11 nitrogen and oxygen atoms in total. The van der Waals surface area contributed by atoms with E-state index in [-0.39, 0.29) is 34.7 Å². The van der Waals surface area contributed by atoms with E-state index in [2.05, 4.69) is 10.3 Å². The van der Waals surface area contributed by atoms with Gasteiger partial charge in [-0.15, -0.1) is 0 Å². The van der Waals surface area contributed by atoms with Gasteiger partial charge in [0.05, 0.1) is 22.5 Å². The number of rotatable bonds is 7. The van der Waals surface area contributed by atoms with Gasteiger partial charge in [-0.3, -0.25) is 28.1 Å². The zero-order chi connectivity index (χ0) is 25.4. The maximum absolute atomic E-state index is 13.4. The van der Waals surface area contributed by atoms with Crippen LogP contribution in [0.1, 0.15) is 31.2 Å². The van der Waals surface area contributed by atoms with Crippen LogP contribution in [0.25, 0.3) is 11.2 Å². The molecule has 2 heterocycles. The Labute approximate surface area is 208 Å². The molecule has 2 atom stereocenters. The van der Waals surface area contributed by atoms with Gasteiger partial charge in [0.1, 0.15) is 6.54 Å². The van der Waals surface area contributed by atoms with Crippen molar-refractivity contribution in [3.05, 3.63) is 54.6 Å². The topological polar surface area (TPSA) is 148 Å². The van der Waals surface area contributed by atoms with Crippen molar-refractivity contribution in [1.29, 1.82) is 0 Å². The predicted molar refractivity (Wildman–Crippen MR) is 129 cm³/mol. The van der Waals surface area contributed by atoms with Crippen LogP contribution in [0.3, 0.4) is 0 Å². The van der Waals surface area contributed by atoms with E-state index < -0.39 is 35.7 Å². The first kappa shape index (κ1) is 24.8. The minimum absolute atomic E-state index is 0.0275. The van der Waals surface area contributed by atoms with E-state index in [1.165, 1.54) is 16.2 Å². The molecule has 0 radical (unpaired) electrons. The van der Waals surface area contributed by atoms with Crippen LogP contribution < -0.4 is 16.6 Å². The molecule has 1 aliphatic rings. The average Bonchev–Trinajstić information content (AvgIpc) is 3.15. The number of halogens is 2. The Morgan fingerprint density at radius 3 is 2.54 bits per heavy atom. The van der Waals surface area contributed by atoms with Crippen LogP contribution in [0.15, 0.2) is 27.8 Å². The van der Waals surface area contributed by atoms with E-state index >= 15 is 0 Å². The monoisotopic (exact) mass is 523 g/mol. The van der Waals surface area contributed by atoms with Gasteiger partial charge in [0.15, 0.2) is 11.2 Å². The quantitative estimate of drug-likeness (QED) is 0.427. The van der Waals surface area contributed by atoms with Gasteiger partial charge in [0, 0.05) is 13.1 Å². The highest BCUT2D eigenvalue weighted by Gasteiger charge is 2.29. The zero-order valence-electron chi connectivity index (χ0n) is 18.7. The van der Waals surface area contributed by atoms with Crippen LogP contribution in [0, 0.1) is 5.92 Å². The van der Waals surface area contributed by atoms with Crippen LogP contribution in [-0.2, 0) is 29.7 Å². The summed E-state index contributed by atoms with van der Waals surface area (Å²) in [7, 11) is 1.44. The van der Waals surface area contributed by atoms with E-state index in [9.17, 15) is 29.4 Å². The van der Waals surface area contributed by atoms with Crippen LogP contribution >= 0.6 is 23.2 Å². The normalized spacial score (nSPS) is 18.0. The number of aromatic nitrogens is 4. The second-order valence-electron chi connectivity index (χ2n) is 8.61. The van der Waals surface area contributed by atoms with Crippen LogP contribution in [0.2, 0.25) is 10.0 Å². The first-order valence-corrected chi connectivity index (χ1v) is 11.7. The Kier molecular flexibility index (Phi) is 6.91. The molecule has 3 aromatic rings. The number of nitrogens with zero attached hydrogens (tertiary/aromatic N) is 4. The largest absolute Gasteiger partial charge is 0.481 e. The third kappa shape index (κ3) is 4.92. The number of aliphatic carboxylic acids is 2. The smallest absolute Gasteiger partial charge is 0.332 e. The summed E-state index contributed by atoms with van der Waals surface area (Å²) in [6.45, 7) is -0.684. The number of benzene rings is 1. The highest BCUT2D eigenvalue weighted by atomic mass is 35.5. The van der Waals surface area contributed by atoms with Crippen molar-refractivity contribution in [3.8, 4) is 0 Å². The Hall–Kier alpha value is -3.31. The number of hydrogen-bond acceptors (Lipinski definition) is 6. The summed E-state index contributed by atoms with van der Waals surface area (Å²) in [5.41, 5.74) is -0.809. The van der Waals surface area contributed by atoms with Gasteiger partial charge in [-0.2, -0.15) is 4.98 Å². The summed E-state index contributed by atoms with van der Waals surface area (Å²) >= 11 is 12.0. The highest BCUT2D eigenvalue weighted by molar-refractivity contribution is 6.42. The molecule has 2 aromatic heterocycles. The fourth-order valence-electron chi connectivity index (χ4n) is 4.46. The molecule has 2 unspecified atom stereocenters. The van der Waals surface area contributed by atoms with Crippen molar-refractivity contribution in [2.75, 3.05) is 5.32 Å². The van der Waals surface area contributed by atoms with Gasteiger partial charge in [-0.05, 0) is 37.0 Å². The summed E-state index contributed by atoms with van der Waals surface area (Å²) in [4.78, 5) is 53.9. The van der Waals surface area contributed by atoms with E-state index in [0.717, 1.165) is 4.57 Å². The minimum Gasteiger partial charge on any atom is -0.481 e. The maximum Gasteiger partial charge on any atom is 0.332 e. The third-order valence-electron chi connectivity index (χ3n) is 6.21. The van der Waals surface area contributed by atoms with Gasteiger partial charge < -0.3 is 15.5 Å². The average molecular weight is 524 g/mol. The Bertz CT molecular complexity index is 1440. The lowest BCUT2D eigenvalue weighted by Gasteiger charge is -2.27. The molecule has 1 saturated carbocycles. The van der Waals surface area contributed by atoms with Gasteiger partial charge in [-0.25, -0.2) is 4.79 Å². The van der Waals surface area contributed by atoms with Crippen LogP contribution in [0.4, 0.5) is 5.95 Å². The van der Waals surface area contributed by atoms with Gasteiger partial charge in [0.2, 0.25) is 5.95 Å².